The molecule has 0 spiro atoms. The number of nitrogen functional groups attached to an aromatic ring is 1. The second-order valence-corrected chi connectivity index (χ2v) is 4.91. The van der Waals surface area contributed by atoms with Crippen molar-refractivity contribution in [3.05, 3.63) is 28.4 Å². The van der Waals surface area contributed by atoms with Gasteiger partial charge in [-0.3, -0.25) is 0 Å². The molecule has 1 aromatic carbocycles. The number of aromatic nitrogens is 1. The van der Waals surface area contributed by atoms with Gasteiger partial charge in [-0.25, -0.2) is 4.98 Å². The van der Waals surface area contributed by atoms with Gasteiger partial charge in [0.15, 0.2) is 10.9 Å². The number of rotatable bonds is 2. The van der Waals surface area contributed by atoms with E-state index in [4.69, 9.17) is 33.7 Å². The van der Waals surface area contributed by atoms with Crippen LogP contribution in [-0.4, -0.2) is 12.1 Å². The standard InChI is InChI=1S/C10H8Cl2N2OS/c1-15-9-6(11)2-5(3-7(9)12)8-4-14-10(13)16-8/h2-4H,1H3,(H2,13,14). The predicted molar refractivity (Wildman–Crippen MR) is 68.5 cm³/mol. The molecule has 0 saturated carbocycles. The van der Waals surface area contributed by atoms with Crippen molar-refractivity contribution in [2.24, 2.45) is 0 Å². The molecule has 2 aromatic rings. The lowest BCUT2D eigenvalue weighted by Crippen LogP contribution is -1.86. The van der Waals surface area contributed by atoms with Gasteiger partial charge in [0.05, 0.1) is 22.0 Å². The average Bonchev–Trinajstić information content (AvgIpc) is 2.64. The van der Waals surface area contributed by atoms with Gasteiger partial charge < -0.3 is 10.5 Å². The highest BCUT2D eigenvalue weighted by Gasteiger charge is 2.11. The summed E-state index contributed by atoms with van der Waals surface area (Å²) in [5.74, 6) is 0.476. The van der Waals surface area contributed by atoms with Gasteiger partial charge in [0.2, 0.25) is 0 Å². The zero-order chi connectivity index (χ0) is 11.7. The van der Waals surface area contributed by atoms with Crippen molar-refractivity contribution in [3.63, 3.8) is 0 Å². The van der Waals surface area contributed by atoms with Crippen LogP contribution < -0.4 is 10.5 Å². The summed E-state index contributed by atoms with van der Waals surface area (Å²) < 4.78 is 5.07. The van der Waals surface area contributed by atoms with Crippen molar-refractivity contribution in [3.8, 4) is 16.2 Å². The zero-order valence-electron chi connectivity index (χ0n) is 8.33. The zero-order valence-corrected chi connectivity index (χ0v) is 10.7. The van der Waals surface area contributed by atoms with Crippen LogP contribution in [0, 0.1) is 0 Å². The quantitative estimate of drug-likeness (QED) is 0.908. The molecule has 0 aliphatic carbocycles. The Bertz CT molecular complexity index is 504. The van der Waals surface area contributed by atoms with Crippen LogP contribution in [0.4, 0.5) is 5.13 Å². The molecule has 0 saturated heterocycles. The first-order valence-corrected chi connectivity index (χ1v) is 5.93. The molecule has 0 aliphatic heterocycles. The minimum atomic E-state index is 0.469. The summed E-state index contributed by atoms with van der Waals surface area (Å²) in [7, 11) is 1.53. The highest BCUT2D eigenvalue weighted by Crippen LogP contribution is 2.38. The maximum atomic E-state index is 6.04. The molecular formula is C10H8Cl2N2OS. The molecule has 6 heteroatoms. The predicted octanol–water partition coefficient (Wildman–Crippen LogP) is 3.71. The molecule has 0 fully saturated rings. The van der Waals surface area contributed by atoms with E-state index in [2.05, 4.69) is 4.98 Å². The summed E-state index contributed by atoms with van der Waals surface area (Å²) in [6.45, 7) is 0. The van der Waals surface area contributed by atoms with E-state index in [-0.39, 0.29) is 0 Å². The first-order chi connectivity index (χ1) is 7.61. The molecule has 3 nitrogen and oxygen atoms in total. The summed E-state index contributed by atoms with van der Waals surface area (Å²) in [5.41, 5.74) is 6.44. The SMILES string of the molecule is COc1c(Cl)cc(-c2cnc(N)s2)cc1Cl. The van der Waals surface area contributed by atoms with Crippen LogP contribution in [0.5, 0.6) is 5.75 Å². The number of thiazole rings is 1. The van der Waals surface area contributed by atoms with Crippen molar-refractivity contribution in [2.45, 2.75) is 0 Å². The molecule has 0 unspecified atom stereocenters. The first kappa shape index (κ1) is 11.5. The Hall–Kier alpha value is -0.970. The molecule has 84 valence electrons. The number of anilines is 1. The van der Waals surface area contributed by atoms with Crippen LogP contribution in [0.1, 0.15) is 0 Å². The number of hydrogen-bond donors (Lipinski definition) is 1. The minimum Gasteiger partial charge on any atom is -0.494 e. The summed E-state index contributed by atoms with van der Waals surface area (Å²) in [5, 5.41) is 1.45. The van der Waals surface area contributed by atoms with Crippen LogP contribution in [0.25, 0.3) is 10.4 Å². The summed E-state index contributed by atoms with van der Waals surface area (Å²) in [6, 6.07) is 3.55. The molecule has 1 heterocycles. The van der Waals surface area contributed by atoms with E-state index in [0.29, 0.717) is 20.9 Å². The molecule has 2 N–H and O–H groups in total. The monoisotopic (exact) mass is 274 g/mol. The third-order valence-electron chi connectivity index (χ3n) is 2.01. The second kappa shape index (κ2) is 4.49. The number of halogens is 2. The lowest BCUT2D eigenvalue weighted by Gasteiger charge is -2.07. The fourth-order valence-corrected chi connectivity index (χ4v) is 2.63. The number of nitrogens with two attached hydrogens (primary N) is 1. The number of nitrogens with zero attached hydrogens (tertiary/aromatic N) is 1. The van der Waals surface area contributed by atoms with Gasteiger partial charge in [0, 0.05) is 6.20 Å². The van der Waals surface area contributed by atoms with Crippen molar-refractivity contribution < 1.29 is 4.74 Å². The summed E-state index contributed by atoms with van der Waals surface area (Å²) in [4.78, 5) is 4.89. The third-order valence-corrected chi connectivity index (χ3v) is 3.45. The summed E-state index contributed by atoms with van der Waals surface area (Å²) >= 11 is 13.5. The van der Waals surface area contributed by atoms with E-state index in [0.717, 1.165) is 10.4 Å². The van der Waals surface area contributed by atoms with Crippen LogP contribution in [0.15, 0.2) is 18.3 Å². The maximum absolute atomic E-state index is 6.04. The third kappa shape index (κ3) is 2.09. The van der Waals surface area contributed by atoms with Crippen molar-refractivity contribution in [2.75, 3.05) is 12.8 Å². The Morgan fingerprint density at radius 3 is 2.38 bits per heavy atom. The Kier molecular flexibility index (Phi) is 3.23. The van der Waals surface area contributed by atoms with Gasteiger partial charge in [-0.15, -0.1) is 0 Å². The largest absolute Gasteiger partial charge is 0.494 e. The fraction of sp³-hybridized carbons (Fsp3) is 0.100. The van der Waals surface area contributed by atoms with Crippen molar-refractivity contribution in [1.29, 1.82) is 0 Å². The highest BCUT2D eigenvalue weighted by atomic mass is 35.5. The van der Waals surface area contributed by atoms with E-state index in [9.17, 15) is 0 Å². The second-order valence-electron chi connectivity index (χ2n) is 3.04. The molecule has 0 aliphatic rings. The molecule has 0 bridgehead atoms. The lowest BCUT2D eigenvalue weighted by molar-refractivity contribution is 0.415. The van der Waals surface area contributed by atoms with Gasteiger partial charge in [-0.2, -0.15) is 0 Å². The van der Waals surface area contributed by atoms with Gasteiger partial charge in [-0.05, 0) is 17.7 Å². The normalized spacial score (nSPS) is 10.4. The topological polar surface area (TPSA) is 48.1 Å². The Balaban J connectivity index is 2.52. The smallest absolute Gasteiger partial charge is 0.180 e. The number of benzene rings is 1. The Labute approximate surface area is 107 Å². The number of ether oxygens (including phenoxy) is 1. The van der Waals surface area contributed by atoms with Crippen LogP contribution in [0.3, 0.4) is 0 Å². The van der Waals surface area contributed by atoms with E-state index < -0.39 is 0 Å². The van der Waals surface area contributed by atoms with Crippen LogP contribution >= 0.6 is 34.5 Å². The molecule has 0 atom stereocenters. The Morgan fingerprint density at radius 2 is 1.94 bits per heavy atom. The number of methoxy groups -OCH3 is 1. The van der Waals surface area contributed by atoms with Gasteiger partial charge in [0.25, 0.3) is 0 Å². The summed E-state index contributed by atoms with van der Waals surface area (Å²) in [6.07, 6.45) is 1.69. The Morgan fingerprint density at radius 1 is 1.31 bits per heavy atom. The van der Waals surface area contributed by atoms with Gasteiger partial charge in [-0.1, -0.05) is 34.5 Å². The molecule has 2 rings (SSSR count). The van der Waals surface area contributed by atoms with Crippen molar-refractivity contribution in [1.82, 2.24) is 4.98 Å². The van der Waals surface area contributed by atoms with E-state index in [1.807, 2.05) is 0 Å². The lowest BCUT2D eigenvalue weighted by atomic mass is 10.2. The highest BCUT2D eigenvalue weighted by molar-refractivity contribution is 7.18. The average molecular weight is 275 g/mol. The molecule has 0 amide bonds. The van der Waals surface area contributed by atoms with Crippen LogP contribution in [0.2, 0.25) is 10.0 Å². The van der Waals surface area contributed by atoms with Crippen LogP contribution in [-0.2, 0) is 0 Å². The van der Waals surface area contributed by atoms with E-state index in [1.165, 1.54) is 18.4 Å². The van der Waals surface area contributed by atoms with E-state index >= 15 is 0 Å². The van der Waals surface area contributed by atoms with Gasteiger partial charge in [0.1, 0.15) is 0 Å². The molecule has 1 aromatic heterocycles. The minimum absolute atomic E-state index is 0.469. The first-order valence-electron chi connectivity index (χ1n) is 4.36. The maximum Gasteiger partial charge on any atom is 0.180 e. The van der Waals surface area contributed by atoms with Crippen molar-refractivity contribution >= 4 is 39.7 Å². The number of hydrogen-bond acceptors (Lipinski definition) is 4. The van der Waals surface area contributed by atoms with Gasteiger partial charge >= 0.3 is 0 Å². The molecular weight excluding hydrogens is 267 g/mol. The van der Waals surface area contributed by atoms with E-state index in [1.54, 1.807) is 18.3 Å². The fourth-order valence-electron chi connectivity index (χ4n) is 1.32. The molecule has 0 radical (unpaired) electrons. The molecule has 16 heavy (non-hydrogen) atoms.